The van der Waals surface area contributed by atoms with Crippen molar-refractivity contribution in [2.75, 3.05) is 19.7 Å². The molecule has 1 saturated heterocycles. The van der Waals surface area contributed by atoms with Crippen LogP contribution in [-0.2, 0) is 4.74 Å². The van der Waals surface area contributed by atoms with Crippen molar-refractivity contribution in [2.45, 2.75) is 6.04 Å². The molecule has 1 fully saturated rings. The normalized spacial score (nSPS) is 17.4. The summed E-state index contributed by atoms with van der Waals surface area (Å²) in [5, 5.41) is 0.650. The van der Waals surface area contributed by atoms with E-state index in [1.54, 1.807) is 11.0 Å². The zero-order chi connectivity index (χ0) is 11.5. The van der Waals surface area contributed by atoms with E-state index in [1.165, 1.54) is 0 Å². The summed E-state index contributed by atoms with van der Waals surface area (Å²) in [6, 6.07) is 7.12. The fourth-order valence-corrected chi connectivity index (χ4v) is 1.87. The third-order valence-electron chi connectivity index (χ3n) is 2.54. The van der Waals surface area contributed by atoms with Gasteiger partial charge in [-0.05, 0) is 17.7 Å². The van der Waals surface area contributed by atoms with Gasteiger partial charge in [-0.25, -0.2) is 4.79 Å². The van der Waals surface area contributed by atoms with Crippen molar-refractivity contribution in [3.8, 4) is 0 Å². The fraction of sp³-hybridized carbons (Fsp3) is 0.364. The number of hydrogen-bond donors (Lipinski definition) is 1. The molecule has 86 valence electrons. The smallest absolute Gasteiger partial charge is 0.410 e. The monoisotopic (exact) mass is 240 g/mol. The predicted octanol–water partition coefficient (Wildman–Crippen LogP) is 1.79. The summed E-state index contributed by atoms with van der Waals surface area (Å²) in [4.78, 5) is 12.8. The van der Waals surface area contributed by atoms with Crippen molar-refractivity contribution in [2.24, 2.45) is 5.73 Å². The maximum absolute atomic E-state index is 11.2. The molecule has 1 aliphatic rings. The Balaban J connectivity index is 2.02. The van der Waals surface area contributed by atoms with Gasteiger partial charge in [0.25, 0.3) is 0 Å². The lowest BCUT2D eigenvalue weighted by atomic mass is 10.1. The molecule has 4 nitrogen and oxygen atoms in total. The van der Waals surface area contributed by atoms with Gasteiger partial charge in [-0.3, -0.25) is 0 Å². The number of halogens is 1. The van der Waals surface area contributed by atoms with Gasteiger partial charge in [0.15, 0.2) is 0 Å². The molecule has 1 aliphatic heterocycles. The third-order valence-corrected chi connectivity index (χ3v) is 2.77. The van der Waals surface area contributed by atoms with Crippen LogP contribution in [0.5, 0.6) is 0 Å². The molecule has 5 heteroatoms. The molecule has 0 bridgehead atoms. The zero-order valence-corrected chi connectivity index (χ0v) is 9.48. The van der Waals surface area contributed by atoms with Crippen molar-refractivity contribution in [1.82, 2.24) is 4.90 Å². The van der Waals surface area contributed by atoms with E-state index in [9.17, 15) is 4.79 Å². The fourth-order valence-electron chi connectivity index (χ4n) is 1.67. The molecule has 1 aromatic rings. The van der Waals surface area contributed by atoms with Crippen molar-refractivity contribution in [3.05, 3.63) is 34.9 Å². The van der Waals surface area contributed by atoms with Crippen LogP contribution in [0.4, 0.5) is 4.79 Å². The minimum Gasteiger partial charge on any atom is -0.448 e. The molecule has 1 unspecified atom stereocenters. The second kappa shape index (κ2) is 4.72. The molecule has 1 atom stereocenters. The minimum absolute atomic E-state index is 0.232. The first-order chi connectivity index (χ1) is 7.66. The Morgan fingerprint density at radius 1 is 1.56 bits per heavy atom. The van der Waals surface area contributed by atoms with Gasteiger partial charge in [-0.2, -0.15) is 0 Å². The number of ether oxygens (including phenoxy) is 1. The summed E-state index contributed by atoms with van der Waals surface area (Å²) in [7, 11) is 0. The van der Waals surface area contributed by atoms with Crippen LogP contribution in [0.2, 0.25) is 5.02 Å². The summed E-state index contributed by atoms with van der Waals surface area (Å²) in [6.45, 7) is 1.51. The van der Waals surface area contributed by atoms with E-state index >= 15 is 0 Å². The van der Waals surface area contributed by atoms with E-state index in [0.717, 1.165) is 5.56 Å². The van der Waals surface area contributed by atoms with Gasteiger partial charge in [0.05, 0.1) is 6.54 Å². The number of carbonyl (C=O) groups excluding carboxylic acids is 1. The number of amides is 1. The van der Waals surface area contributed by atoms with Gasteiger partial charge in [-0.15, -0.1) is 0 Å². The minimum atomic E-state index is -0.294. The Bertz CT molecular complexity index is 397. The van der Waals surface area contributed by atoms with Gasteiger partial charge < -0.3 is 15.4 Å². The first-order valence-corrected chi connectivity index (χ1v) is 5.47. The molecule has 0 aromatic heterocycles. The number of benzene rings is 1. The van der Waals surface area contributed by atoms with Crippen LogP contribution >= 0.6 is 11.6 Å². The number of rotatable bonds is 3. The molecule has 2 N–H and O–H groups in total. The molecule has 0 saturated carbocycles. The number of carbonyl (C=O) groups is 1. The molecule has 1 amide bonds. The van der Waals surface area contributed by atoms with Gasteiger partial charge in [-0.1, -0.05) is 23.7 Å². The van der Waals surface area contributed by atoms with Crippen LogP contribution in [0, 0.1) is 0 Å². The van der Waals surface area contributed by atoms with Gasteiger partial charge >= 0.3 is 6.09 Å². The summed E-state index contributed by atoms with van der Waals surface area (Å²) in [5.74, 6) is 0. The highest BCUT2D eigenvalue weighted by molar-refractivity contribution is 6.30. The number of cyclic esters (lactones) is 1. The lowest BCUT2D eigenvalue weighted by molar-refractivity contribution is 0.157. The Morgan fingerprint density at radius 3 is 3.00 bits per heavy atom. The van der Waals surface area contributed by atoms with Crippen molar-refractivity contribution in [3.63, 3.8) is 0 Å². The molecule has 1 heterocycles. The standard InChI is InChI=1S/C11H13ClN2O2/c12-9-3-1-2-8(6-9)10(13)7-14-4-5-16-11(14)15/h1-3,6,10H,4-5,7,13H2. The predicted molar refractivity (Wildman–Crippen MR) is 61.3 cm³/mol. The molecular formula is C11H13ClN2O2. The summed E-state index contributed by atoms with van der Waals surface area (Å²) < 4.78 is 4.83. The lowest BCUT2D eigenvalue weighted by Gasteiger charge is -2.18. The van der Waals surface area contributed by atoms with Crippen LogP contribution in [0.15, 0.2) is 24.3 Å². The van der Waals surface area contributed by atoms with E-state index in [0.29, 0.717) is 24.7 Å². The van der Waals surface area contributed by atoms with Gasteiger partial charge in [0.2, 0.25) is 0 Å². The van der Waals surface area contributed by atoms with Crippen LogP contribution in [0.25, 0.3) is 0 Å². The maximum atomic E-state index is 11.2. The van der Waals surface area contributed by atoms with Crippen molar-refractivity contribution in [1.29, 1.82) is 0 Å². The Kier molecular flexibility index (Phi) is 3.31. The quantitative estimate of drug-likeness (QED) is 0.877. The van der Waals surface area contributed by atoms with E-state index in [4.69, 9.17) is 22.1 Å². The Labute approximate surface area is 98.9 Å². The maximum Gasteiger partial charge on any atom is 0.410 e. The first kappa shape index (κ1) is 11.2. The Morgan fingerprint density at radius 2 is 2.38 bits per heavy atom. The highest BCUT2D eigenvalue weighted by Crippen LogP contribution is 2.18. The van der Waals surface area contributed by atoms with E-state index in [2.05, 4.69) is 0 Å². The van der Waals surface area contributed by atoms with Crippen LogP contribution < -0.4 is 5.73 Å². The topological polar surface area (TPSA) is 55.6 Å². The molecule has 0 radical (unpaired) electrons. The zero-order valence-electron chi connectivity index (χ0n) is 8.73. The molecule has 0 aliphatic carbocycles. The first-order valence-electron chi connectivity index (χ1n) is 5.09. The highest BCUT2D eigenvalue weighted by atomic mass is 35.5. The average Bonchev–Trinajstić information content (AvgIpc) is 2.64. The largest absolute Gasteiger partial charge is 0.448 e. The highest BCUT2D eigenvalue weighted by Gasteiger charge is 2.24. The van der Waals surface area contributed by atoms with Crippen molar-refractivity contribution < 1.29 is 9.53 Å². The number of nitrogens with zero attached hydrogens (tertiary/aromatic N) is 1. The summed E-state index contributed by atoms with van der Waals surface area (Å²) >= 11 is 5.87. The average molecular weight is 241 g/mol. The lowest BCUT2D eigenvalue weighted by Crippen LogP contribution is -2.32. The van der Waals surface area contributed by atoms with E-state index < -0.39 is 0 Å². The molecule has 1 aromatic carbocycles. The second-order valence-corrected chi connectivity index (χ2v) is 4.16. The van der Waals surface area contributed by atoms with Gasteiger partial charge in [0.1, 0.15) is 6.61 Å². The number of hydrogen-bond acceptors (Lipinski definition) is 3. The van der Waals surface area contributed by atoms with E-state index in [1.807, 2.05) is 18.2 Å². The van der Waals surface area contributed by atoms with E-state index in [-0.39, 0.29) is 12.1 Å². The number of nitrogens with two attached hydrogens (primary N) is 1. The molecule has 0 spiro atoms. The third kappa shape index (κ3) is 2.46. The van der Waals surface area contributed by atoms with Crippen LogP contribution in [0.3, 0.4) is 0 Å². The molecule has 2 rings (SSSR count). The second-order valence-electron chi connectivity index (χ2n) is 3.72. The molecule has 16 heavy (non-hydrogen) atoms. The SMILES string of the molecule is NC(CN1CCOC1=O)c1cccc(Cl)c1. The molecular weight excluding hydrogens is 228 g/mol. The van der Waals surface area contributed by atoms with Crippen LogP contribution in [0.1, 0.15) is 11.6 Å². The Hall–Kier alpha value is -1.26. The summed E-state index contributed by atoms with van der Waals surface area (Å²) in [5.41, 5.74) is 6.92. The van der Waals surface area contributed by atoms with Crippen molar-refractivity contribution >= 4 is 17.7 Å². The van der Waals surface area contributed by atoms with Crippen LogP contribution in [-0.4, -0.2) is 30.7 Å². The van der Waals surface area contributed by atoms with Gasteiger partial charge in [0, 0.05) is 17.6 Å². The summed E-state index contributed by atoms with van der Waals surface area (Å²) in [6.07, 6.45) is -0.294.